The molecule has 0 bridgehead atoms. The van der Waals surface area contributed by atoms with Gasteiger partial charge < -0.3 is 0 Å². The van der Waals surface area contributed by atoms with Crippen LogP contribution in [0.15, 0.2) is 218 Å². The van der Waals surface area contributed by atoms with E-state index < -0.39 is 0 Å². The van der Waals surface area contributed by atoms with Crippen LogP contribution in [0.25, 0.3) is 122 Å². The molecule has 12 aromatic rings. The fourth-order valence-electron chi connectivity index (χ4n) is 9.10. The zero-order chi connectivity index (χ0) is 41.0. The smallest absolute Gasteiger partial charge is 0.160 e. The summed E-state index contributed by atoms with van der Waals surface area (Å²) >= 11 is 0. The number of aromatic nitrogens is 4. The number of pyridine rings is 2. The summed E-state index contributed by atoms with van der Waals surface area (Å²) in [6, 6.07) is 76.9. The Morgan fingerprint density at radius 1 is 0.242 bits per heavy atom. The third kappa shape index (κ3) is 6.08. The van der Waals surface area contributed by atoms with E-state index in [9.17, 15) is 0 Å². The summed E-state index contributed by atoms with van der Waals surface area (Å²) in [7, 11) is 0. The van der Waals surface area contributed by atoms with Crippen molar-refractivity contribution in [3.8, 4) is 67.2 Å². The van der Waals surface area contributed by atoms with E-state index in [4.69, 9.17) is 19.9 Å². The molecule has 288 valence electrons. The molecule has 0 aliphatic heterocycles. The average Bonchev–Trinajstić information content (AvgIpc) is 3.35. The van der Waals surface area contributed by atoms with Crippen molar-refractivity contribution in [1.82, 2.24) is 19.9 Å². The Bertz CT molecular complexity index is 3550. The maximum Gasteiger partial charge on any atom is 0.160 e. The molecular formula is C58H36N4. The molecular weight excluding hydrogens is 753 g/mol. The van der Waals surface area contributed by atoms with Crippen molar-refractivity contribution in [2.24, 2.45) is 0 Å². The topological polar surface area (TPSA) is 51.6 Å². The zero-order valence-corrected chi connectivity index (χ0v) is 33.6. The molecule has 0 N–H and O–H groups in total. The van der Waals surface area contributed by atoms with Gasteiger partial charge in [0.2, 0.25) is 0 Å². The zero-order valence-electron chi connectivity index (χ0n) is 33.6. The molecule has 0 aliphatic rings. The standard InChI is InChI=1S/C58H36N4/c1-3-15-37(16-4-1)43-35-48(38-17-5-2-6-18-38)57-49(36-43)56(41-31-27-39(28-32-41)54-44-19-7-11-23-50(44)59-51-24-12-8-20-45(51)54)61-58(62-57)42-33-29-40(30-34-42)55-46-21-9-13-25-52(46)60-53-26-14-10-22-47(53)55/h1-36H. The highest BCUT2D eigenvalue weighted by Gasteiger charge is 2.19. The SMILES string of the molecule is c1ccc(-c2cc(-c3ccccc3)c3nc(-c4ccc(-c5c6ccccc6nc6ccccc56)cc4)nc(-c4ccc(-c5c6ccccc6nc6ccccc56)cc4)c3c2)cc1. The summed E-state index contributed by atoms with van der Waals surface area (Å²) in [5.41, 5.74) is 16.7. The van der Waals surface area contributed by atoms with Crippen LogP contribution in [0.4, 0.5) is 0 Å². The number of rotatable bonds is 6. The van der Waals surface area contributed by atoms with Crippen molar-refractivity contribution in [2.75, 3.05) is 0 Å². The lowest BCUT2D eigenvalue weighted by Crippen LogP contribution is -1.98. The van der Waals surface area contributed by atoms with Gasteiger partial charge in [-0.2, -0.15) is 0 Å². The van der Waals surface area contributed by atoms with Crippen LogP contribution in [0.1, 0.15) is 0 Å². The van der Waals surface area contributed by atoms with Crippen molar-refractivity contribution < 1.29 is 0 Å². The molecule has 4 nitrogen and oxygen atoms in total. The van der Waals surface area contributed by atoms with E-state index in [1.165, 1.54) is 11.1 Å². The van der Waals surface area contributed by atoms with E-state index in [0.29, 0.717) is 5.82 Å². The number of fused-ring (bicyclic) bond motifs is 5. The van der Waals surface area contributed by atoms with Crippen molar-refractivity contribution in [3.63, 3.8) is 0 Å². The third-order valence-corrected chi connectivity index (χ3v) is 12.0. The average molecular weight is 789 g/mol. The molecule has 0 aliphatic carbocycles. The maximum atomic E-state index is 5.48. The van der Waals surface area contributed by atoms with Gasteiger partial charge in [-0.05, 0) is 64.2 Å². The van der Waals surface area contributed by atoms with Gasteiger partial charge >= 0.3 is 0 Å². The molecule has 0 atom stereocenters. The van der Waals surface area contributed by atoms with Crippen molar-refractivity contribution in [1.29, 1.82) is 0 Å². The van der Waals surface area contributed by atoms with Crippen molar-refractivity contribution >= 4 is 54.5 Å². The van der Waals surface area contributed by atoms with Gasteiger partial charge in [-0.25, -0.2) is 19.9 Å². The second-order valence-electron chi connectivity index (χ2n) is 15.7. The lowest BCUT2D eigenvalue weighted by atomic mass is 9.92. The highest BCUT2D eigenvalue weighted by atomic mass is 14.9. The van der Waals surface area contributed by atoms with Crippen LogP contribution in [-0.2, 0) is 0 Å². The Balaban J connectivity index is 1.07. The minimum absolute atomic E-state index is 0.670. The predicted octanol–water partition coefficient (Wildman–Crippen LogP) is 15.0. The molecule has 0 unspecified atom stereocenters. The molecule has 0 amide bonds. The molecule has 0 saturated heterocycles. The largest absolute Gasteiger partial charge is 0.248 e. The van der Waals surface area contributed by atoms with Crippen LogP contribution in [0.5, 0.6) is 0 Å². The molecule has 0 saturated carbocycles. The first-order chi connectivity index (χ1) is 30.7. The second kappa shape index (κ2) is 14.7. The second-order valence-corrected chi connectivity index (χ2v) is 15.7. The summed E-state index contributed by atoms with van der Waals surface area (Å²) in [5.74, 6) is 0.670. The summed E-state index contributed by atoms with van der Waals surface area (Å²) in [5, 5.41) is 5.50. The molecule has 0 radical (unpaired) electrons. The van der Waals surface area contributed by atoms with Gasteiger partial charge in [-0.15, -0.1) is 0 Å². The molecule has 4 heteroatoms. The van der Waals surface area contributed by atoms with Gasteiger partial charge in [0.15, 0.2) is 5.82 Å². The van der Waals surface area contributed by atoms with Crippen LogP contribution in [-0.4, -0.2) is 19.9 Å². The Labute approximate surface area is 358 Å². The van der Waals surface area contributed by atoms with E-state index in [-0.39, 0.29) is 0 Å². The summed E-state index contributed by atoms with van der Waals surface area (Å²) < 4.78 is 0. The molecule has 3 heterocycles. The first-order valence-electron chi connectivity index (χ1n) is 21.0. The predicted molar refractivity (Wildman–Crippen MR) is 258 cm³/mol. The molecule has 3 aromatic heterocycles. The van der Waals surface area contributed by atoms with Gasteiger partial charge in [0, 0.05) is 54.7 Å². The number of hydrogen-bond acceptors (Lipinski definition) is 4. The monoisotopic (exact) mass is 788 g/mol. The highest BCUT2D eigenvalue weighted by Crippen LogP contribution is 2.41. The number of hydrogen-bond donors (Lipinski definition) is 0. The van der Waals surface area contributed by atoms with E-state index in [1.807, 2.05) is 0 Å². The van der Waals surface area contributed by atoms with Crippen LogP contribution >= 0.6 is 0 Å². The fraction of sp³-hybridized carbons (Fsp3) is 0. The van der Waals surface area contributed by atoms with Crippen LogP contribution < -0.4 is 0 Å². The van der Waals surface area contributed by atoms with E-state index >= 15 is 0 Å². The fourth-order valence-corrected chi connectivity index (χ4v) is 9.10. The number of benzene rings is 9. The summed E-state index contributed by atoms with van der Waals surface area (Å²) in [6.07, 6.45) is 0. The Hall–Kier alpha value is -8.34. The third-order valence-electron chi connectivity index (χ3n) is 12.0. The first-order valence-corrected chi connectivity index (χ1v) is 21.0. The van der Waals surface area contributed by atoms with Gasteiger partial charge in [0.25, 0.3) is 0 Å². The lowest BCUT2D eigenvalue weighted by molar-refractivity contribution is 1.23. The van der Waals surface area contributed by atoms with Crippen LogP contribution in [0.2, 0.25) is 0 Å². The molecule has 0 spiro atoms. The number of nitrogens with zero attached hydrogens (tertiary/aromatic N) is 4. The quantitative estimate of drug-likeness (QED) is 0.158. The molecule has 62 heavy (non-hydrogen) atoms. The van der Waals surface area contributed by atoms with E-state index in [0.717, 1.165) is 105 Å². The maximum absolute atomic E-state index is 5.48. The Morgan fingerprint density at radius 2 is 0.645 bits per heavy atom. The van der Waals surface area contributed by atoms with Gasteiger partial charge in [0.05, 0.1) is 33.3 Å². The number of para-hydroxylation sites is 4. The minimum atomic E-state index is 0.670. The summed E-state index contributed by atoms with van der Waals surface area (Å²) in [4.78, 5) is 20.9. The highest BCUT2D eigenvalue weighted by molar-refractivity contribution is 6.11. The molecule has 12 rings (SSSR count). The van der Waals surface area contributed by atoms with Crippen LogP contribution in [0.3, 0.4) is 0 Å². The summed E-state index contributed by atoms with van der Waals surface area (Å²) in [6.45, 7) is 0. The van der Waals surface area contributed by atoms with E-state index in [1.54, 1.807) is 0 Å². The van der Waals surface area contributed by atoms with Gasteiger partial charge in [-0.1, -0.05) is 182 Å². The van der Waals surface area contributed by atoms with Gasteiger partial charge in [-0.3, -0.25) is 0 Å². The van der Waals surface area contributed by atoms with Crippen LogP contribution in [0, 0.1) is 0 Å². The normalized spacial score (nSPS) is 11.5. The van der Waals surface area contributed by atoms with Crippen molar-refractivity contribution in [3.05, 3.63) is 218 Å². The van der Waals surface area contributed by atoms with Crippen molar-refractivity contribution in [2.45, 2.75) is 0 Å². The minimum Gasteiger partial charge on any atom is -0.248 e. The Kier molecular flexibility index (Phi) is 8.46. The molecule has 9 aromatic carbocycles. The molecule has 0 fully saturated rings. The van der Waals surface area contributed by atoms with Gasteiger partial charge in [0.1, 0.15) is 0 Å². The van der Waals surface area contributed by atoms with E-state index in [2.05, 4.69) is 218 Å². The first kappa shape index (κ1) is 35.6. The lowest BCUT2D eigenvalue weighted by Gasteiger charge is -2.16. The Morgan fingerprint density at radius 3 is 1.13 bits per heavy atom.